The van der Waals surface area contributed by atoms with Crippen molar-refractivity contribution in [3.63, 3.8) is 0 Å². The van der Waals surface area contributed by atoms with Crippen LogP contribution >= 0.6 is 0 Å². The molecule has 0 bridgehead atoms. The summed E-state index contributed by atoms with van der Waals surface area (Å²) < 4.78 is 11.0. The predicted octanol–water partition coefficient (Wildman–Crippen LogP) is 0.398. The fraction of sp³-hybridized carbons (Fsp3) is 0.357. The van der Waals surface area contributed by atoms with Crippen molar-refractivity contribution in [3.05, 3.63) is 23.9 Å². The summed E-state index contributed by atoms with van der Waals surface area (Å²) >= 11 is 0. The van der Waals surface area contributed by atoms with Crippen LogP contribution in [-0.4, -0.2) is 50.4 Å². The van der Waals surface area contributed by atoms with E-state index in [4.69, 9.17) is 14.6 Å². The molecule has 0 unspecified atom stereocenters. The van der Waals surface area contributed by atoms with E-state index >= 15 is 0 Å². The first kappa shape index (κ1) is 14.2. The number of hydrogen-bond donors (Lipinski definition) is 3. The summed E-state index contributed by atoms with van der Waals surface area (Å²) in [5.41, 5.74) is 0.868. The molecule has 0 atom stereocenters. The van der Waals surface area contributed by atoms with E-state index in [1.165, 1.54) is 4.90 Å². The lowest BCUT2D eigenvalue weighted by atomic mass is 10.2. The van der Waals surface area contributed by atoms with Crippen LogP contribution in [0.1, 0.15) is 10.5 Å². The van der Waals surface area contributed by atoms with Gasteiger partial charge in [-0.2, -0.15) is 0 Å². The molecule has 0 spiro atoms. The third-order valence-corrected chi connectivity index (χ3v) is 3.00. The van der Waals surface area contributed by atoms with Crippen molar-refractivity contribution in [2.75, 3.05) is 34.4 Å². The number of likely N-dealkylation sites (N-methyl/N-ethyl adjacent to an activating group) is 1. The van der Waals surface area contributed by atoms with E-state index in [1.54, 1.807) is 25.3 Å². The topological polar surface area (TPSA) is 76.0 Å². The van der Waals surface area contributed by atoms with Crippen LogP contribution < -0.4 is 14.4 Å². The Hall–Kier alpha value is -2.21. The Morgan fingerprint density at radius 3 is 2.65 bits per heavy atom. The second kappa shape index (κ2) is 5.83. The summed E-state index contributed by atoms with van der Waals surface area (Å²) in [6, 6.07) is 5.12. The average Bonchev–Trinajstić information content (AvgIpc) is 2.80. The van der Waals surface area contributed by atoms with E-state index in [0.29, 0.717) is 18.1 Å². The maximum Gasteiger partial charge on any atom is 0.352 e. The molecular weight excluding hydrogens is 260 g/mol. The minimum Gasteiger partial charge on any atom is -0.493 e. The van der Waals surface area contributed by atoms with Gasteiger partial charge in [-0.1, -0.05) is 0 Å². The maximum absolute atomic E-state index is 11.0. The summed E-state index contributed by atoms with van der Waals surface area (Å²) in [6.45, 7) is 1.43. The number of aromatic amines is 1. The van der Waals surface area contributed by atoms with E-state index in [1.807, 2.05) is 14.1 Å². The molecule has 0 radical (unpaired) electrons. The van der Waals surface area contributed by atoms with Gasteiger partial charge in [0, 0.05) is 11.5 Å². The quantitative estimate of drug-likeness (QED) is 0.715. The van der Waals surface area contributed by atoms with Crippen LogP contribution in [0.3, 0.4) is 0 Å². The number of nitrogens with one attached hydrogen (secondary N) is 2. The number of aromatic nitrogens is 1. The Morgan fingerprint density at radius 2 is 2.05 bits per heavy atom. The number of carboxylic acids is 1. The summed E-state index contributed by atoms with van der Waals surface area (Å²) in [5, 5.41) is 9.77. The average molecular weight is 279 g/mol. The Morgan fingerprint density at radius 1 is 1.30 bits per heavy atom. The number of aromatic carboxylic acids is 1. The van der Waals surface area contributed by atoms with Gasteiger partial charge in [-0.3, -0.25) is 0 Å². The monoisotopic (exact) mass is 279 g/mol. The maximum atomic E-state index is 11.0. The number of methoxy groups -OCH3 is 1. The van der Waals surface area contributed by atoms with Crippen molar-refractivity contribution in [1.82, 2.24) is 4.98 Å². The molecule has 0 fully saturated rings. The van der Waals surface area contributed by atoms with E-state index in [0.717, 1.165) is 17.4 Å². The molecule has 1 aromatic carbocycles. The zero-order chi connectivity index (χ0) is 14.7. The highest BCUT2D eigenvalue weighted by atomic mass is 16.5. The van der Waals surface area contributed by atoms with Crippen LogP contribution in [0, 0.1) is 0 Å². The first-order chi connectivity index (χ1) is 9.51. The lowest BCUT2D eigenvalue weighted by molar-refractivity contribution is -0.858. The van der Waals surface area contributed by atoms with E-state index < -0.39 is 5.97 Å². The van der Waals surface area contributed by atoms with Gasteiger partial charge >= 0.3 is 5.97 Å². The molecular formula is C14H19N2O4+. The summed E-state index contributed by atoms with van der Waals surface area (Å²) in [7, 11) is 5.66. The van der Waals surface area contributed by atoms with Gasteiger partial charge in [0.2, 0.25) is 0 Å². The molecule has 1 heterocycles. The van der Waals surface area contributed by atoms with Crippen molar-refractivity contribution in [2.24, 2.45) is 0 Å². The van der Waals surface area contributed by atoms with Crippen LogP contribution in [0.2, 0.25) is 0 Å². The van der Waals surface area contributed by atoms with Gasteiger partial charge in [0.15, 0.2) is 11.5 Å². The van der Waals surface area contributed by atoms with Crippen molar-refractivity contribution in [2.45, 2.75) is 0 Å². The first-order valence-electron chi connectivity index (χ1n) is 6.37. The number of hydrogen-bond acceptors (Lipinski definition) is 3. The number of fused-ring (bicyclic) bond motifs is 1. The Bertz CT molecular complexity index is 619. The smallest absolute Gasteiger partial charge is 0.352 e. The second-order valence-corrected chi connectivity index (χ2v) is 4.88. The number of carbonyl (C=O) groups is 1. The first-order valence-corrected chi connectivity index (χ1v) is 6.37. The highest BCUT2D eigenvalue weighted by Gasteiger charge is 2.12. The minimum atomic E-state index is -0.987. The normalized spacial score (nSPS) is 11.0. The molecule has 3 N–H and O–H groups in total. The molecule has 0 saturated carbocycles. The Kier molecular flexibility index (Phi) is 4.14. The lowest BCUT2D eigenvalue weighted by Crippen LogP contribution is -3.06. The van der Waals surface area contributed by atoms with Gasteiger partial charge in [0.25, 0.3) is 0 Å². The highest BCUT2D eigenvalue weighted by molar-refractivity contribution is 5.94. The highest BCUT2D eigenvalue weighted by Crippen LogP contribution is 2.32. The van der Waals surface area contributed by atoms with Crippen LogP contribution in [0.4, 0.5) is 0 Å². The van der Waals surface area contributed by atoms with Gasteiger partial charge in [-0.15, -0.1) is 0 Å². The van der Waals surface area contributed by atoms with E-state index in [9.17, 15) is 4.79 Å². The molecule has 108 valence electrons. The molecule has 2 rings (SSSR count). The lowest BCUT2D eigenvalue weighted by Gasteiger charge is -2.12. The Labute approximate surface area is 116 Å². The second-order valence-electron chi connectivity index (χ2n) is 4.88. The summed E-state index contributed by atoms with van der Waals surface area (Å²) in [5.74, 6) is 0.223. The number of rotatable bonds is 6. The van der Waals surface area contributed by atoms with Crippen molar-refractivity contribution >= 4 is 16.9 Å². The third kappa shape index (κ3) is 3.03. The number of H-pyrrole nitrogens is 1. The van der Waals surface area contributed by atoms with E-state index in [2.05, 4.69) is 4.98 Å². The number of quaternary nitrogens is 1. The van der Waals surface area contributed by atoms with E-state index in [-0.39, 0.29) is 5.69 Å². The van der Waals surface area contributed by atoms with Crippen LogP contribution in [0.5, 0.6) is 11.5 Å². The SMILES string of the molecule is COc1cc2cc(C(=O)O)[nH]c2cc1OCC[NH+](C)C. The van der Waals surface area contributed by atoms with Gasteiger partial charge in [0.1, 0.15) is 18.8 Å². The van der Waals surface area contributed by atoms with Crippen LogP contribution in [0.25, 0.3) is 10.9 Å². The molecule has 2 aromatic rings. The zero-order valence-electron chi connectivity index (χ0n) is 11.8. The van der Waals surface area contributed by atoms with Crippen molar-refractivity contribution in [3.8, 4) is 11.5 Å². The molecule has 20 heavy (non-hydrogen) atoms. The fourth-order valence-corrected chi connectivity index (χ4v) is 1.89. The molecule has 0 aliphatic heterocycles. The number of ether oxygens (including phenoxy) is 2. The molecule has 0 aliphatic rings. The zero-order valence-corrected chi connectivity index (χ0v) is 11.8. The van der Waals surface area contributed by atoms with Gasteiger partial charge < -0.3 is 24.5 Å². The van der Waals surface area contributed by atoms with Gasteiger partial charge in [-0.25, -0.2) is 4.79 Å². The number of carboxylic acid groups (broad SMARTS) is 1. The number of benzene rings is 1. The molecule has 0 aliphatic carbocycles. The van der Waals surface area contributed by atoms with Gasteiger partial charge in [-0.05, 0) is 12.1 Å². The largest absolute Gasteiger partial charge is 0.493 e. The predicted molar refractivity (Wildman–Crippen MR) is 75.0 cm³/mol. The molecule has 1 aromatic heterocycles. The van der Waals surface area contributed by atoms with Crippen molar-refractivity contribution in [1.29, 1.82) is 0 Å². The van der Waals surface area contributed by atoms with Crippen molar-refractivity contribution < 1.29 is 24.3 Å². The molecule has 6 nitrogen and oxygen atoms in total. The van der Waals surface area contributed by atoms with Gasteiger partial charge in [0.05, 0.1) is 26.7 Å². The molecule has 0 amide bonds. The summed E-state index contributed by atoms with van der Waals surface area (Å²) in [4.78, 5) is 15.1. The van der Waals surface area contributed by atoms with Crippen LogP contribution in [-0.2, 0) is 0 Å². The fourth-order valence-electron chi connectivity index (χ4n) is 1.89. The third-order valence-electron chi connectivity index (χ3n) is 3.00. The standard InChI is InChI=1S/C14H18N2O4/c1-16(2)4-5-20-13-8-10-9(7-12(13)19-3)6-11(15-10)14(17)18/h6-8,15H,4-5H2,1-3H3,(H,17,18)/p+1. The Balaban J connectivity index is 2.30. The molecule has 0 saturated heterocycles. The minimum absolute atomic E-state index is 0.150. The molecule has 6 heteroatoms. The van der Waals surface area contributed by atoms with Crippen LogP contribution in [0.15, 0.2) is 18.2 Å². The summed E-state index contributed by atoms with van der Waals surface area (Å²) in [6.07, 6.45) is 0.